The van der Waals surface area contributed by atoms with Crippen molar-refractivity contribution in [2.24, 2.45) is 0 Å². The van der Waals surface area contributed by atoms with Crippen molar-refractivity contribution in [3.63, 3.8) is 0 Å². The molecule has 4 rings (SSSR count). The second-order valence-corrected chi connectivity index (χ2v) is 5.25. The molecule has 0 radical (unpaired) electrons. The molecule has 0 aliphatic rings. The molecule has 4 aromatic rings. The molecule has 1 heterocycles. The molecule has 0 atom stereocenters. The van der Waals surface area contributed by atoms with Gasteiger partial charge in [-0.3, -0.25) is 0 Å². The molecule has 0 N–H and O–H groups in total. The molecule has 3 aromatic carbocycles. The van der Waals surface area contributed by atoms with Gasteiger partial charge in [-0.2, -0.15) is 0 Å². The molecule has 2 heteroatoms. The molecular weight excluding hydrogens is 268 g/mol. The van der Waals surface area contributed by atoms with Crippen LogP contribution in [-0.2, 0) is 0 Å². The van der Waals surface area contributed by atoms with E-state index >= 15 is 0 Å². The summed E-state index contributed by atoms with van der Waals surface area (Å²) in [7, 11) is 0. The van der Waals surface area contributed by atoms with E-state index in [1.165, 1.54) is 10.8 Å². The van der Waals surface area contributed by atoms with E-state index in [9.17, 15) is 0 Å². The zero-order valence-electron chi connectivity index (χ0n) is 10.6. The number of rotatable bonds is 1. The highest BCUT2D eigenvalue weighted by Gasteiger charge is 2.11. The summed E-state index contributed by atoms with van der Waals surface area (Å²) < 4.78 is 5.71. The summed E-state index contributed by atoms with van der Waals surface area (Å²) in [6, 6.07) is 20.3. The van der Waals surface area contributed by atoms with Crippen molar-refractivity contribution in [3.05, 3.63) is 71.9 Å². The third-order valence-electron chi connectivity index (χ3n) is 3.62. The Hall–Kier alpha value is -2.25. The van der Waals surface area contributed by atoms with E-state index in [4.69, 9.17) is 16.0 Å². The van der Waals surface area contributed by atoms with E-state index in [0.29, 0.717) is 0 Å². The molecule has 0 amide bonds. The summed E-state index contributed by atoms with van der Waals surface area (Å²) in [4.78, 5) is 0. The van der Waals surface area contributed by atoms with Gasteiger partial charge in [0, 0.05) is 16.0 Å². The molecule has 0 aliphatic carbocycles. The van der Waals surface area contributed by atoms with Crippen LogP contribution in [0.1, 0.15) is 0 Å². The molecule has 96 valence electrons. The molecule has 0 bridgehead atoms. The largest absolute Gasteiger partial charge is 0.464 e. The van der Waals surface area contributed by atoms with E-state index in [1.54, 1.807) is 0 Å². The maximum Gasteiger partial charge on any atom is 0.135 e. The summed E-state index contributed by atoms with van der Waals surface area (Å²) in [5, 5.41) is 4.33. The van der Waals surface area contributed by atoms with Gasteiger partial charge in [0.25, 0.3) is 0 Å². The Labute approximate surface area is 121 Å². The van der Waals surface area contributed by atoms with Crippen LogP contribution in [0.15, 0.2) is 71.3 Å². The molecule has 0 aliphatic heterocycles. The Morgan fingerprint density at radius 1 is 0.800 bits per heavy atom. The molecule has 0 unspecified atom stereocenters. The average Bonchev–Trinajstić information content (AvgIpc) is 2.92. The Balaban J connectivity index is 2.09. The number of fused-ring (bicyclic) bond motifs is 3. The van der Waals surface area contributed by atoms with Gasteiger partial charge < -0.3 is 4.42 Å². The number of benzene rings is 3. The standard InChI is InChI=1S/C18H11ClO/c19-14-8-5-13(6-9-14)16-11-20-17-10-7-12-3-1-2-4-15(12)18(16)17/h1-11H. The minimum atomic E-state index is 0.742. The maximum atomic E-state index is 5.96. The predicted molar refractivity (Wildman–Crippen MR) is 84.2 cm³/mol. The second-order valence-electron chi connectivity index (χ2n) is 4.82. The first-order valence-corrected chi connectivity index (χ1v) is 6.85. The van der Waals surface area contributed by atoms with E-state index < -0.39 is 0 Å². The summed E-state index contributed by atoms with van der Waals surface area (Å²) in [5.74, 6) is 0. The fourth-order valence-electron chi connectivity index (χ4n) is 2.65. The Morgan fingerprint density at radius 2 is 1.60 bits per heavy atom. The highest BCUT2D eigenvalue weighted by Crippen LogP contribution is 2.36. The highest BCUT2D eigenvalue weighted by molar-refractivity contribution is 6.30. The van der Waals surface area contributed by atoms with Gasteiger partial charge in [-0.05, 0) is 34.5 Å². The molecule has 1 aromatic heterocycles. The van der Waals surface area contributed by atoms with E-state index in [2.05, 4.69) is 30.3 Å². The normalized spacial score (nSPS) is 11.2. The predicted octanol–water partition coefficient (Wildman–Crippen LogP) is 5.91. The van der Waals surface area contributed by atoms with Crippen molar-refractivity contribution in [1.29, 1.82) is 0 Å². The molecule has 0 fully saturated rings. The van der Waals surface area contributed by atoms with Crippen molar-refractivity contribution in [1.82, 2.24) is 0 Å². The second kappa shape index (κ2) is 4.39. The SMILES string of the molecule is Clc1ccc(-c2coc3ccc4ccccc4c23)cc1. The van der Waals surface area contributed by atoms with Crippen LogP contribution in [0.2, 0.25) is 5.02 Å². The van der Waals surface area contributed by atoms with Gasteiger partial charge in [0.05, 0.1) is 6.26 Å². The quantitative estimate of drug-likeness (QED) is 0.422. The Morgan fingerprint density at radius 3 is 2.45 bits per heavy atom. The first-order valence-electron chi connectivity index (χ1n) is 6.48. The molecule has 0 saturated carbocycles. The van der Waals surface area contributed by atoms with Crippen LogP contribution in [0, 0.1) is 0 Å². The van der Waals surface area contributed by atoms with Gasteiger partial charge in [-0.15, -0.1) is 0 Å². The molecule has 1 nitrogen and oxygen atoms in total. The minimum Gasteiger partial charge on any atom is -0.464 e. The topological polar surface area (TPSA) is 13.1 Å². The number of hydrogen-bond donors (Lipinski definition) is 0. The summed E-state index contributed by atoms with van der Waals surface area (Å²) >= 11 is 5.96. The summed E-state index contributed by atoms with van der Waals surface area (Å²) in [5.41, 5.74) is 3.13. The lowest BCUT2D eigenvalue weighted by molar-refractivity contribution is 0.617. The maximum absolute atomic E-state index is 5.96. The van der Waals surface area contributed by atoms with Gasteiger partial charge >= 0.3 is 0 Å². The fraction of sp³-hybridized carbons (Fsp3) is 0. The third-order valence-corrected chi connectivity index (χ3v) is 3.87. The van der Waals surface area contributed by atoms with E-state index in [1.807, 2.05) is 36.6 Å². The number of halogens is 1. The lowest BCUT2D eigenvalue weighted by Gasteiger charge is -2.02. The first-order chi connectivity index (χ1) is 9.83. The molecular formula is C18H11ClO. The van der Waals surface area contributed by atoms with Crippen molar-refractivity contribution in [2.45, 2.75) is 0 Å². The summed E-state index contributed by atoms with van der Waals surface area (Å²) in [6.45, 7) is 0. The van der Waals surface area contributed by atoms with Crippen LogP contribution in [-0.4, -0.2) is 0 Å². The van der Waals surface area contributed by atoms with Crippen molar-refractivity contribution >= 4 is 33.3 Å². The average molecular weight is 279 g/mol. The van der Waals surface area contributed by atoms with Crippen molar-refractivity contribution in [3.8, 4) is 11.1 Å². The van der Waals surface area contributed by atoms with Gasteiger partial charge in [0.15, 0.2) is 0 Å². The van der Waals surface area contributed by atoms with Crippen LogP contribution in [0.5, 0.6) is 0 Å². The summed E-state index contributed by atoms with van der Waals surface area (Å²) in [6.07, 6.45) is 1.82. The third kappa shape index (κ3) is 1.71. The van der Waals surface area contributed by atoms with Gasteiger partial charge in [-0.25, -0.2) is 0 Å². The van der Waals surface area contributed by atoms with E-state index in [-0.39, 0.29) is 0 Å². The van der Waals surface area contributed by atoms with Crippen LogP contribution in [0.4, 0.5) is 0 Å². The Kier molecular flexibility index (Phi) is 2.54. The van der Waals surface area contributed by atoms with Crippen LogP contribution >= 0.6 is 11.6 Å². The highest BCUT2D eigenvalue weighted by atomic mass is 35.5. The zero-order chi connectivity index (χ0) is 13.5. The molecule has 0 spiro atoms. The minimum absolute atomic E-state index is 0.742. The van der Waals surface area contributed by atoms with E-state index in [0.717, 1.165) is 27.1 Å². The lowest BCUT2D eigenvalue weighted by atomic mass is 9.99. The van der Waals surface area contributed by atoms with Gasteiger partial charge in [-0.1, -0.05) is 54.1 Å². The fourth-order valence-corrected chi connectivity index (χ4v) is 2.78. The van der Waals surface area contributed by atoms with Crippen LogP contribution < -0.4 is 0 Å². The lowest BCUT2D eigenvalue weighted by Crippen LogP contribution is -1.78. The zero-order valence-corrected chi connectivity index (χ0v) is 11.4. The first kappa shape index (κ1) is 11.6. The number of furan rings is 1. The van der Waals surface area contributed by atoms with Crippen LogP contribution in [0.25, 0.3) is 32.9 Å². The Bertz CT molecular complexity index is 904. The smallest absolute Gasteiger partial charge is 0.135 e. The number of hydrogen-bond acceptors (Lipinski definition) is 1. The van der Waals surface area contributed by atoms with Gasteiger partial charge in [0.1, 0.15) is 5.58 Å². The van der Waals surface area contributed by atoms with Gasteiger partial charge in [0.2, 0.25) is 0 Å². The molecule has 0 saturated heterocycles. The van der Waals surface area contributed by atoms with Crippen molar-refractivity contribution in [2.75, 3.05) is 0 Å². The monoisotopic (exact) mass is 278 g/mol. The molecule has 20 heavy (non-hydrogen) atoms. The van der Waals surface area contributed by atoms with Crippen molar-refractivity contribution < 1.29 is 4.42 Å². The van der Waals surface area contributed by atoms with Crippen LogP contribution in [0.3, 0.4) is 0 Å².